The molecule has 30 heavy (non-hydrogen) atoms. The molecule has 1 amide bonds. The van der Waals surface area contributed by atoms with E-state index in [2.05, 4.69) is 5.32 Å². The first kappa shape index (κ1) is 21.9. The van der Waals surface area contributed by atoms with Crippen LogP contribution in [0.3, 0.4) is 0 Å². The maximum atomic E-state index is 13.3. The third-order valence-corrected chi connectivity index (χ3v) is 7.34. The van der Waals surface area contributed by atoms with Gasteiger partial charge in [-0.15, -0.1) is 0 Å². The summed E-state index contributed by atoms with van der Waals surface area (Å²) in [5.74, 6) is -0.981. The van der Waals surface area contributed by atoms with Crippen molar-refractivity contribution in [2.75, 3.05) is 7.11 Å². The number of fused-ring (bicyclic) bond motifs is 1. The number of methoxy groups -OCH3 is 1. The molecule has 0 aliphatic rings. The van der Waals surface area contributed by atoms with Crippen LogP contribution in [0.25, 0.3) is 9.65 Å². The molecule has 0 radical (unpaired) electrons. The molecule has 2 atom stereocenters. The van der Waals surface area contributed by atoms with E-state index < -0.39 is 24.0 Å². The Bertz CT molecular complexity index is 1100. The van der Waals surface area contributed by atoms with Gasteiger partial charge in [0, 0.05) is 0 Å². The van der Waals surface area contributed by atoms with Crippen LogP contribution >= 0.6 is 0 Å². The summed E-state index contributed by atoms with van der Waals surface area (Å²) in [7, 11) is 1.28. The van der Waals surface area contributed by atoms with E-state index in [9.17, 15) is 19.5 Å². The molecule has 0 unspecified atom stereocenters. The Morgan fingerprint density at radius 2 is 1.80 bits per heavy atom. The average molecular weight is 475 g/mol. The second-order valence-electron chi connectivity index (χ2n) is 7.36. The monoisotopic (exact) mass is 476 g/mol. The molecule has 2 aromatic carbocycles. The standard InChI is InChI=1S/C22H24N2O5Se/c1-13(2)19(22(28)29-3)23-20(26)17(12-14-8-10-15(25)11-9-14)24-21(27)16-6-4-5-7-18(16)30-24/h4-11,13,17,19,25H,12H2,1-3H3,(H,23,26)/t17-,19-/m0/s1. The van der Waals surface area contributed by atoms with Crippen molar-refractivity contribution in [1.82, 2.24) is 8.88 Å². The van der Waals surface area contributed by atoms with Crippen LogP contribution in [-0.2, 0) is 20.7 Å². The van der Waals surface area contributed by atoms with Crippen LogP contribution in [0.1, 0.15) is 25.5 Å². The number of nitrogens with one attached hydrogen (secondary N) is 1. The number of nitrogens with zero attached hydrogens (tertiary/aromatic N) is 1. The van der Waals surface area contributed by atoms with E-state index in [1.54, 1.807) is 40.0 Å². The van der Waals surface area contributed by atoms with Gasteiger partial charge in [0.2, 0.25) is 0 Å². The van der Waals surface area contributed by atoms with E-state index >= 15 is 0 Å². The molecule has 0 fully saturated rings. The van der Waals surface area contributed by atoms with Crippen LogP contribution in [0.15, 0.2) is 53.3 Å². The van der Waals surface area contributed by atoms with Crippen molar-refractivity contribution in [3.8, 4) is 5.75 Å². The first-order valence-corrected chi connectivity index (χ1v) is 11.2. The molecule has 158 valence electrons. The number of phenolic OH excluding ortho intramolecular Hbond substituents is 1. The fraction of sp³-hybridized carbons (Fsp3) is 0.318. The van der Waals surface area contributed by atoms with Gasteiger partial charge in [-0.05, 0) is 0 Å². The summed E-state index contributed by atoms with van der Waals surface area (Å²) in [6.07, 6.45) is 0.263. The van der Waals surface area contributed by atoms with Crippen LogP contribution in [0.4, 0.5) is 0 Å². The Balaban J connectivity index is 2.01. The van der Waals surface area contributed by atoms with Gasteiger partial charge < -0.3 is 0 Å². The minimum atomic E-state index is -0.808. The van der Waals surface area contributed by atoms with Gasteiger partial charge in [0.25, 0.3) is 0 Å². The van der Waals surface area contributed by atoms with E-state index in [0.29, 0.717) is 5.39 Å². The van der Waals surface area contributed by atoms with Crippen molar-refractivity contribution in [2.45, 2.75) is 32.4 Å². The van der Waals surface area contributed by atoms with Crippen LogP contribution in [0.5, 0.6) is 5.75 Å². The van der Waals surface area contributed by atoms with Crippen molar-refractivity contribution >= 4 is 36.3 Å². The van der Waals surface area contributed by atoms with E-state index in [-0.39, 0.29) is 38.4 Å². The summed E-state index contributed by atoms with van der Waals surface area (Å²) in [4.78, 5) is 38.4. The second kappa shape index (κ2) is 9.32. The molecular weight excluding hydrogens is 451 g/mol. The average Bonchev–Trinajstić information content (AvgIpc) is 3.07. The zero-order chi connectivity index (χ0) is 21.8. The predicted octanol–water partition coefficient (Wildman–Crippen LogP) is 1.86. The third-order valence-electron chi connectivity index (χ3n) is 4.88. The first-order chi connectivity index (χ1) is 14.3. The van der Waals surface area contributed by atoms with Gasteiger partial charge in [0.1, 0.15) is 0 Å². The van der Waals surface area contributed by atoms with Crippen molar-refractivity contribution in [3.63, 3.8) is 0 Å². The van der Waals surface area contributed by atoms with E-state index in [0.717, 1.165) is 9.82 Å². The first-order valence-electron chi connectivity index (χ1n) is 9.58. The predicted molar refractivity (Wildman–Crippen MR) is 115 cm³/mol. The Labute approximate surface area is 180 Å². The molecule has 0 aliphatic carbocycles. The number of amides is 1. The number of phenols is 1. The molecule has 1 aromatic heterocycles. The minimum absolute atomic E-state index is 0.124. The molecule has 3 aromatic rings. The number of esters is 1. The summed E-state index contributed by atoms with van der Waals surface area (Å²) in [6, 6.07) is 12.3. The van der Waals surface area contributed by atoms with Crippen molar-refractivity contribution in [1.29, 1.82) is 0 Å². The number of hydrogen-bond donors (Lipinski definition) is 2. The second-order valence-corrected chi connectivity index (χ2v) is 9.49. The van der Waals surface area contributed by atoms with E-state index in [1.165, 1.54) is 7.11 Å². The SMILES string of the molecule is COC(=O)[C@@H](NC(=O)[C@H](Cc1ccc(O)cc1)n1[se]c2ccccc2c1=O)C(C)C. The van der Waals surface area contributed by atoms with Crippen molar-refractivity contribution in [3.05, 3.63) is 64.4 Å². The van der Waals surface area contributed by atoms with Gasteiger partial charge in [0.05, 0.1) is 0 Å². The normalized spacial score (nSPS) is 13.2. The number of rotatable bonds is 7. The van der Waals surface area contributed by atoms with Gasteiger partial charge >= 0.3 is 180 Å². The number of ether oxygens (including phenoxy) is 1. The number of carbonyl (C=O) groups is 2. The van der Waals surface area contributed by atoms with Gasteiger partial charge in [0.15, 0.2) is 0 Å². The van der Waals surface area contributed by atoms with Crippen molar-refractivity contribution in [2.24, 2.45) is 5.92 Å². The van der Waals surface area contributed by atoms with Crippen LogP contribution in [0, 0.1) is 5.92 Å². The quantitative estimate of drug-likeness (QED) is 0.402. The van der Waals surface area contributed by atoms with Gasteiger partial charge in [-0.25, -0.2) is 0 Å². The molecule has 8 heteroatoms. The molecule has 0 saturated heterocycles. The Kier molecular flexibility index (Phi) is 6.80. The zero-order valence-corrected chi connectivity index (χ0v) is 18.7. The molecule has 0 bridgehead atoms. The number of aromatic nitrogens is 1. The van der Waals surface area contributed by atoms with Crippen LogP contribution in [-0.4, -0.2) is 48.4 Å². The number of hydrogen-bond acceptors (Lipinski definition) is 5. The summed E-state index contributed by atoms with van der Waals surface area (Å²) < 4.78 is 7.34. The Morgan fingerprint density at radius 3 is 2.40 bits per heavy atom. The topological polar surface area (TPSA) is 97.6 Å². The maximum absolute atomic E-state index is 13.3. The van der Waals surface area contributed by atoms with Crippen LogP contribution in [0.2, 0.25) is 0 Å². The zero-order valence-electron chi connectivity index (χ0n) is 17.0. The van der Waals surface area contributed by atoms with E-state index in [1.807, 2.05) is 26.0 Å². The van der Waals surface area contributed by atoms with Gasteiger partial charge in [-0.1, -0.05) is 0 Å². The summed E-state index contributed by atoms with van der Waals surface area (Å²) in [5, 5.41) is 12.9. The van der Waals surface area contributed by atoms with E-state index in [4.69, 9.17) is 4.74 Å². The molecule has 1 heterocycles. The third kappa shape index (κ3) is 4.66. The molecule has 0 aliphatic heterocycles. The number of benzene rings is 2. The van der Waals surface area contributed by atoms with Gasteiger partial charge in [-0.3, -0.25) is 0 Å². The summed E-state index contributed by atoms with van der Waals surface area (Å²) in [5.41, 5.74) is 0.607. The van der Waals surface area contributed by atoms with Crippen LogP contribution < -0.4 is 10.9 Å². The molecular formula is C22H24N2O5Se. The van der Waals surface area contributed by atoms with Gasteiger partial charge in [-0.2, -0.15) is 0 Å². The number of aromatic hydroxyl groups is 1. The Morgan fingerprint density at radius 1 is 1.13 bits per heavy atom. The number of carbonyl (C=O) groups excluding carboxylic acids is 2. The fourth-order valence-electron chi connectivity index (χ4n) is 3.21. The summed E-state index contributed by atoms with van der Waals surface area (Å²) in [6.45, 7) is 3.63. The molecule has 2 N–H and O–H groups in total. The fourth-order valence-corrected chi connectivity index (χ4v) is 5.48. The summed E-state index contributed by atoms with van der Waals surface area (Å²) >= 11 is -0.356. The molecule has 0 spiro atoms. The molecule has 3 rings (SSSR count). The molecule has 0 saturated carbocycles. The van der Waals surface area contributed by atoms with Crippen molar-refractivity contribution < 1.29 is 19.4 Å². The molecule has 7 nitrogen and oxygen atoms in total. The Hall–Kier alpha value is -2.83.